The fourth-order valence-corrected chi connectivity index (χ4v) is 3.03. The van der Waals surface area contributed by atoms with Crippen LogP contribution >= 0.6 is 0 Å². The first kappa shape index (κ1) is 10.7. The molecule has 1 aliphatic rings. The summed E-state index contributed by atoms with van der Waals surface area (Å²) in [4.78, 5) is 11.0. The van der Waals surface area contributed by atoms with Crippen LogP contribution in [0.2, 0.25) is 0 Å². The summed E-state index contributed by atoms with van der Waals surface area (Å²) in [6, 6.07) is 0. The average molecular weight is 204 g/mol. The minimum absolute atomic E-state index is 0.109. The summed E-state index contributed by atoms with van der Waals surface area (Å²) in [5.74, 6) is 0.310. The van der Waals surface area contributed by atoms with Crippen LogP contribution in [0.4, 0.5) is 0 Å². The van der Waals surface area contributed by atoms with E-state index in [0.717, 1.165) is 12.8 Å². The van der Waals surface area contributed by atoms with Gasteiger partial charge in [-0.15, -0.1) is 0 Å². The van der Waals surface area contributed by atoms with Crippen LogP contribution in [0.25, 0.3) is 0 Å². The highest BCUT2D eigenvalue weighted by atomic mass is 32.2. The van der Waals surface area contributed by atoms with Crippen molar-refractivity contribution in [2.75, 3.05) is 6.26 Å². The molecule has 0 amide bonds. The van der Waals surface area contributed by atoms with Crippen LogP contribution in [0.15, 0.2) is 0 Å². The van der Waals surface area contributed by atoms with E-state index in [-0.39, 0.29) is 17.0 Å². The zero-order chi connectivity index (χ0) is 10.1. The van der Waals surface area contributed by atoms with E-state index >= 15 is 0 Å². The molecule has 0 aliphatic heterocycles. The Labute approximate surface area is 79.4 Å². The maximum absolute atomic E-state index is 11.2. The second kappa shape index (κ2) is 3.78. The molecule has 0 bridgehead atoms. The molecule has 0 spiro atoms. The lowest BCUT2D eigenvalue weighted by Crippen LogP contribution is -2.28. The monoisotopic (exact) mass is 204 g/mol. The summed E-state index contributed by atoms with van der Waals surface area (Å²) in [5.41, 5.74) is 0. The summed E-state index contributed by atoms with van der Waals surface area (Å²) < 4.78 is 22.4. The smallest absolute Gasteiger partial charge is 0.150 e. The molecule has 0 radical (unpaired) electrons. The lowest BCUT2D eigenvalue weighted by atomic mass is 9.86. The molecule has 0 saturated heterocycles. The molecule has 1 saturated carbocycles. The van der Waals surface area contributed by atoms with Gasteiger partial charge in [0.1, 0.15) is 15.6 Å². The van der Waals surface area contributed by atoms with E-state index in [1.54, 1.807) is 6.92 Å². The Morgan fingerprint density at radius 1 is 1.15 bits per heavy atom. The molecule has 1 fully saturated rings. The Balaban J connectivity index is 2.53. The predicted octanol–water partition coefficient (Wildman–Crippen LogP) is 1.18. The molecular weight excluding hydrogens is 188 g/mol. The van der Waals surface area contributed by atoms with E-state index < -0.39 is 9.84 Å². The van der Waals surface area contributed by atoms with Crippen molar-refractivity contribution >= 4 is 15.6 Å². The summed E-state index contributed by atoms with van der Waals surface area (Å²) >= 11 is 0. The molecule has 1 aliphatic carbocycles. The first-order valence-electron chi connectivity index (χ1n) is 4.60. The Morgan fingerprint density at radius 3 is 1.92 bits per heavy atom. The summed E-state index contributed by atoms with van der Waals surface area (Å²) in [6.45, 7) is 1.59. The summed E-state index contributed by atoms with van der Waals surface area (Å²) in [6.07, 6.45) is 4.08. The number of hydrogen-bond donors (Lipinski definition) is 0. The van der Waals surface area contributed by atoms with E-state index in [1.807, 2.05) is 0 Å². The van der Waals surface area contributed by atoms with Gasteiger partial charge < -0.3 is 0 Å². The first-order chi connectivity index (χ1) is 5.91. The molecule has 1 rings (SSSR count). The lowest BCUT2D eigenvalue weighted by molar-refractivity contribution is -0.121. The van der Waals surface area contributed by atoms with Crippen molar-refractivity contribution in [1.29, 1.82) is 0 Å². The highest BCUT2D eigenvalue weighted by molar-refractivity contribution is 7.91. The van der Waals surface area contributed by atoms with Crippen molar-refractivity contribution in [3.63, 3.8) is 0 Å². The molecule has 0 N–H and O–H groups in total. The predicted molar refractivity (Wildman–Crippen MR) is 51.3 cm³/mol. The average Bonchev–Trinajstić information content (AvgIpc) is 2.03. The van der Waals surface area contributed by atoms with Crippen molar-refractivity contribution in [1.82, 2.24) is 0 Å². The SMILES string of the molecule is CC(=O)C1CCC(S(C)(=O)=O)CC1. The second-order valence-electron chi connectivity index (χ2n) is 3.91. The topological polar surface area (TPSA) is 51.2 Å². The standard InChI is InChI=1S/C9H16O3S/c1-7(10)8-3-5-9(6-4-8)13(2,11)12/h8-9H,3-6H2,1-2H3. The molecule has 76 valence electrons. The van der Waals surface area contributed by atoms with Gasteiger partial charge in [-0.2, -0.15) is 0 Å². The van der Waals surface area contributed by atoms with E-state index in [1.165, 1.54) is 6.26 Å². The van der Waals surface area contributed by atoms with Crippen LogP contribution in [0, 0.1) is 5.92 Å². The van der Waals surface area contributed by atoms with E-state index in [9.17, 15) is 13.2 Å². The number of carbonyl (C=O) groups is 1. The molecule has 3 nitrogen and oxygen atoms in total. The van der Waals surface area contributed by atoms with Crippen molar-refractivity contribution in [2.45, 2.75) is 37.9 Å². The quantitative estimate of drug-likeness (QED) is 0.678. The minimum Gasteiger partial charge on any atom is -0.300 e. The molecule has 0 aromatic rings. The molecule has 0 atom stereocenters. The summed E-state index contributed by atoms with van der Waals surface area (Å²) in [5, 5.41) is -0.205. The number of rotatable bonds is 2. The molecule has 0 heterocycles. The van der Waals surface area contributed by atoms with Gasteiger partial charge in [0.05, 0.1) is 5.25 Å². The third-order valence-corrected chi connectivity index (χ3v) is 4.54. The highest BCUT2D eigenvalue weighted by Crippen LogP contribution is 2.28. The Bertz CT molecular complexity index is 284. The van der Waals surface area contributed by atoms with E-state index in [2.05, 4.69) is 0 Å². The maximum atomic E-state index is 11.2. The van der Waals surface area contributed by atoms with Gasteiger partial charge in [-0.05, 0) is 32.6 Å². The molecule has 0 aromatic carbocycles. The third kappa shape index (κ3) is 2.79. The van der Waals surface area contributed by atoms with E-state index in [4.69, 9.17) is 0 Å². The fourth-order valence-electron chi connectivity index (χ4n) is 1.90. The number of Topliss-reactive ketones (excluding diaryl/α,β-unsaturated/α-hetero) is 1. The maximum Gasteiger partial charge on any atom is 0.150 e. The van der Waals surface area contributed by atoms with Gasteiger partial charge in [-0.1, -0.05) is 0 Å². The Hall–Kier alpha value is -0.380. The summed E-state index contributed by atoms with van der Waals surface area (Å²) in [7, 11) is -2.89. The van der Waals surface area contributed by atoms with Crippen LogP contribution in [-0.4, -0.2) is 25.7 Å². The van der Waals surface area contributed by atoms with Crippen molar-refractivity contribution < 1.29 is 13.2 Å². The fraction of sp³-hybridized carbons (Fsp3) is 0.889. The number of ketones is 1. The molecular formula is C9H16O3S. The van der Waals surface area contributed by atoms with Gasteiger partial charge in [0.25, 0.3) is 0 Å². The zero-order valence-electron chi connectivity index (χ0n) is 8.12. The van der Waals surface area contributed by atoms with Gasteiger partial charge in [0, 0.05) is 12.2 Å². The largest absolute Gasteiger partial charge is 0.300 e. The van der Waals surface area contributed by atoms with Crippen LogP contribution in [0.5, 0.6) is 0 Å². The minimum atomic E-state index is -2.89. The highest BCUT2D eigenvalue weighted by Gasteiger charge is 2.29. The van der Waals surface area contributed by atoms with Crippen molar-refractivity contribution in [3.05, 3.63) is 0 Å². The Kier molecular flexibility index (Phi) is 3.11. The molecule has 0 aromatic heterocycles. The third-order valence-electron chi connectivity index (χ3n) is 2.85. The van der Waals surface area contributed by atoms with Gasteiger partial charge in [0.15, 0.2) is 0 Å². The first-order valence-corrected chi connectivity index (χ1v) is 6.56. The molecule has 0 unspecified atom stereocenters. The lowest BCUT2D eigenvalue weighted by Gasteiger charge is -2.25. The van der Waals surface area contributed by atoms with Crippen LogP contribution < -0.4 is 0 Å². The van der Waals surface area contributed by atoms with Crippen LogP contribution in [-0.2, 0) is 14.6 Å². The Morgan fingerprint density at radius 2 is 1.62 bits per heavy atom. The second-order valence-corrected chi connectivity index (χ2v) is 6.24. The van der Waals surface area contributed by atoms with Gasteiger partial charge in [-0.25, -0.2) is 8.42 Å². The molecule has 4 heteroatoms. The normalized spacial score (nSPS) is 30.0. The van der Waals surface area contributed by atoms with Gasteiger partial charge >= 0.3 is 0 Å². The van der Waals surface area contributed by atoms with Crippen LogP contribution in [0.3, 0.4) is 0 Å². The van der Waals surface area contributed by atoms with E-state index in [0.29, 0.717) is 12.8 Å². The number of hydrogen-bond acceptors (Lipinski definition) is 3. The van der Waals surface area contributed by atoms with Crippen LogP contribution in [0.1, 0.15) is 32.6 Å². The molecule has 13 heavy (non-hydrogen) atoms. The number of sulfone groups is 1. The van der Waals surface area contributed by atoms with Crippen molar-refractivity contribution in [2.24, 2.45) is 5.92 Å². The van der Waals surface area contributed by atoms with Gasteiger partial charge in [-0.3, -0.25) is 4.79 Å². The van der Waals surface area contributed by atoms with Crippen molar-refractivity contribution in [3.8, 4) is 0 Å². The van der Waals surface area contributed by atoms with Gasteiger partial charge in [0.2, 0.25) is 0 Å². The number of carbonyl (C=O) groups excluding carboxylic acids is 1. The zero-order valence-corrected chi connectivity index (χ0v) is 8.93.